The summed E-state index contributed by atoms with van der Waals surface area (Å²) in [4.78, 5) is 16.6. The molecule has 1 aliphatic heterocycles. The Bertz CT molecular complexity index is 1050. The van der Waals surface area contributed by atoms with Crippen molar-refractivity contribution in [3.63, 3.8) is 0 Å². The van der Waals surface area contributed by atoms with E-state index in [-0.39, 0.29) is 5.91 Å². The zero-order valence-electron chi connectivity index (χ0n) is 18.5. The van der Waals surface area contributed by atoms with Crippen molar-refractivity contribution >= 4 is 23.1 Å². The van der Waals surface area contributed by atoms with E-state index in [2.05, 4.69) is 37.4 Å². The maximum absolute atomic E-state index is 12.0. The van der Waals surface area contributed by atoms with Crippen molar-refractivity contribution in [2.45, 2.75) is 12.8 Å². The number of hydrogen-bond donors (Lipinski definition) is 1. The number of aromatic nitrogens is 4. The number of methoxy groups -OCH3 is 2. The third kappa shape index (κ3) is 5.08. The molecule has 0 radical (unpaired) electrons. The molecule has 3 aromatic rings. The minimum absolute atomic E-state index is 0.0383. The van der Waals surface area contributed by atoms with Crippen molar-refractivity contribution in [3.05, 3.63) is 42.2 Å². The maximum Gasteiger partial charge on any atom is 0.220 e. The van der Waals surface area contributed by atoms with Gasteiger partial charge in [-0.2, -0.15) is 4.52 Å². The quantitative estimate of drug-likeness (QED) is 0.496. The number of ether oxygens (including phenoxy) is 2. The molecular formula is C22H29N7O3. The number of piperazine rings is 1. The summed E-state index contributed by atoms with van der Waals surface area (Å²) < 4.78 is 12.0. The molecule has 32 heavy (non-hydrogen) atoms. The first-order chi connectivity index (χ1) is 15.7. The number of nitrogens with zero attached hydrogens (tertiary/aromatic N) is 6. The highest BCUT2D eigenvalue weighted by atomic mass is 16.5. The lowest BCUT2D eigenvalue weighted by atomic mass is 10.2. The van der Waals surface area contributed by atoms with Crippen LogP contribution in [0.5, 0.6) is 5.75 Å². The van der Waals surface area contributed by atoms with Gasteiger partial charge >= 0.3 is 0 Å². The van der Waals surface area contributed by atoms with Crippen LogP contribution in [0.3, 0.4) is 0 Å². The molecule has 1 aromatic carbocycles. The van der Waals surface area contributed by atoms with E-state index in [0.29, 0.717) is 37.5 Å². The van der Waals surface area contributed by atoms with E-state index < -0.39 is 0 Å². The Morgan fingerprint density at radius 1 is 1.06 bits per heavy atom. The number of carbonyl (C=O) groups excluding carboxylic acids is 1. The zero-order valence-corrected chi connectivity index (χ0v) is 18.5. The third-order valence-corrected chi connectivity index (χ3v) is 5.54. The summed E-state index contributed by atoms with van der Waals surface area (Å²) in [6.45, 7) is 4.49. The van der Waals surface area contributed by atoms with E-state index in [4.69, 9.17) is 14.6 Å². The molecule has 0 atom stereocenters. The Balaban J connectivity index is 1.38. The summed E-state index contributed by atoms with van der Waals surface area (Å²) in [5.41, 5.74) is 1.84. The minimum atomic E-state index is -0.0383. The van der Waals surface area contributed by atoms with Gasteiger partial charge in [0.05, 0.1) is 13.7 Å². The fourth-order valence-electron chi connectivity index (χ4n) is 3.76. The second kappa shape index (κ2) is 10.3. The zero-order chi connectivity index (χ0) is 22.3. The molecule has 4 rings (SSSR count). The van der Waals surface area contributed by atoms with Gasteiger partial charge in [0.1, 0.15) is 11.6 Å². The number of aryl methyl sites for hydroxylation is 1. The van der Waals surface area contributed by atoms with Crippen LogP contribution in [0.1, 0.15) is 12.2 Å². The van der Waals surface area contributed by atoms with Gasteiger partial charge < -0.3 is 24.6 Å². The van der Waals surface area contributed by atoms with Crippen molar-refractivity contribution in [1.29, 1.82) is 0 Å². The Hall–Kier alpha value is -3.40. The molecule has 0 spiro atoms. The topological polar surface area (TPSA) is 97.1 Å². The van der Waals surface area contributed by atoms with Gasteiger partial charge in [0.2, 0.25) is 5.91 Å². The van der Waals surface area contributed by atoms with E-state index in [1.54, 1.807) is 18.7 Å². The van der Waals surface area contributed by atoms with Crippen molar-refractivity contribution in [2.75, 3.05) is 63.4 Å². The van der Waals surface area contributed by atoms with Crippen LogP contribution in [0.2, 0.25) is 0 Å². The molecule has 1 amide bonds. The van der Waals surface area contributed by atoms with E-state index in [0.717, 1.165) is 43.4 Å². The van der Waals surface area contributed by atoms with Crippen LogP contribution in [0.4, 0.5) is 11.5 Å². The van der Waals surface area contributed by atoms with Crippen molar-refractivity contribution in [3.8, 4) is 5.75 Å². The predicted molar refractivity (Wildman–Crippen MR) is 121 cm³/mol. The highest BCUT2D eigenvalue weighted by Gasteiger charge is 2.20. The van der Waals surface area contributed by atoms with Gasteiger partial charge in [-0.1, -0.05) is 6.07 Å². The summed E-state index contributed by atoms with van der Waals surface area (Å²) in [7, 11) is 3.29. The van der Waals surface area contributed by atoms with Crippen molar-refractivity contribution in [2.24, 2.45) is 0 Å². The summed E-state index contributed by atoms with van der Waals surface area (Å²) in [5.74, 6) is 2.39. The van der Waals surface area contributed by atoms with Crippen LogP contribution in [0, 0.1) is 0 Å². The normalized spacial score (nSPS) is 14.1. The van der Waals surface area contributed by atoms with Gasteiger partial charge in [-0.15, -0.1) is 15.3 Å². The van der Waals surface area contributed by atoms with Gasteiger partial charge in [0.15, 0.2) is 11.5 Å². The molecule has 170 valence electrons. The number of fused-ring (bicyclic) bond motifs is 1. The minimum Gasteiger partial charge on any atom is -0.497 e. The first-order valence-electron chi connectivity index (χ1n) is 10.8. The van der Waals surface area contributed by atoms with Gasteiger partial charge in [-0.25, -0.2) is 0 Å². The van der Waals surface area contributed by atoms with Crippen LogP contribution in [-0.4, -0.2) is 79.3 Å². The molecule has 1 aliphatic rings. The SMILES string of the molecule is COCCNC(=O)CCc1nnc2ccc(N3CCN(c4cccc(OC)c4)CC3)nn12. The van der Waals surface area contributed by atoms with Gasteiger partial charge in [-0.3, -0.25) is 4.79 Å². The Labute approximate surface area is 187 Å². The Kier molecular flexibility index (Phi) is 7.00. The van der Waals surface area contributed by atoms with Crippen molar-refractivity contribution < 1.29 is 14.3 Å². The first kappa shape index (κ1) is 21.8. The third-order valence-electron chi connectivity index (χ3n) is 5.54. The number of hydrogen-bond acceptors (Lipinski definition) is 8. The number of benzene rings is 1. The van der Waals surface area contributed by atoms with Crippen LogP contribution in [0.25, 0.3) is 5.65 Å². The van der Waals surface area contributed by atoms with E-state index in [1.807, 2.05) is 24.3 Å². The lowest BCUT2D eigenvalue weighted by Crippen LogP contribution is -2.47. The lowest BCUT2D eigenvalue weighted by Gasteiger charge is -2.36. The van der Waals surface area contributed by atoms with Crippen molar-refractivity contribution in [1.82, 2.24) is 25.1 Å². The monoisotopic (exact) mass is 439 g/mol. The highest BCUT2D eigenvalue weighted by Crippen LogP contribution is 2.23. The molecule has 0 aliphatic carbocycles. The molecule has 10 heteroatoms. The van der Waals surface area contributed by atoms with Crippen LogP contribution in [0.15, 0.2) is 36.4 Å². The average molecular weight is 440 g/mol. The number of nitrogens with one attached hydrogen (secondary N) is 1. The van der Waals surface area contributed by atoms with Crippen LogP contribution >= 0.6 is 0 Å². The molecule has 1 N–H and O–H groups in total. The smallest absolute Gasteiger partial charge is 0.220 e. The molecule has 0 saturated carbocycles. The van der Waals surface area contributed by atoms with E-state index >= 15 is 0 Å². The summed E-state index contributed by atoms with van der Waals surface area (Å²) in [6.07, 6.45) is 0.801. The molecule has 1 fully saturated rings. The second-order valence-electron chi connectivity index (χ2n) is 7.60. The highest BCUT2D eigenvalue weighted by molar-refractivity contribution is 5.76. The lowest BCUT2D eigenvalue weighted by molar-refractivity contribution is -0.121. The number of carbonyl (C=O) groups is 1. The molecule has 2 aromatic heterocycles. The predicted octanol–water partition coefficient (Wildman–Crippen LogP) is 1.15. The number of rotatable bonds is 9. The Morgan fingerprint density at radius 2 is 1.88 bits per heavy atom. The molecule has 0 bridgehead atoms. The molecule has 1 saturated heterocycles. The van der Waals surface area contributed by atoms with Gasteiger partial charge in [0, 0.05) is 64.4 Å². The van der Waals surface area contributed by atoms with Gasteiger partial charge in [0.25, 0.3) is 0 Å². The summed E-state index contributed by atoms with van der Waals surface area (Å²) >= 11 is 0. The second-order valence-corrected chi connectivity index (χ2v) is 7.60. The van der Waals surface area contributed by atoms with E-state index in [1.165, 1.54) is 0 Å². The molecule has 10 nitrogen and oxygen atoms in total. The Morgan fingerprint density at radius 3 is 2.66 bits per heavy atom. The first-order valence-corrected chi connectivity index (χ1v) is 10.8. The summed E-state index contributed by atoms with van der Waals surface area (Å²) in [5, 5.41) is 16.0. The van der Waals surface area contributed by atoms with Gasteiger partial charge in [-0.05, 0) is 24.3 Å². The largest absolute Gasteiger partial charge is 0.497 e. The van der Waals surface area contributed by atoms with Crippen LogP contribution in [-0.2, 0) is 16.0 Å². The molecule has 0 unspecified atom stereocenters. The average Bonchev–Trinajstić information content (AvgIpc) is 3.25. The maximum atomic E-state index is 12.0. The van der Waals surface area contributed by atoms with E-state index in [9.17, 15) is 4.79 Å². The fourth-order valence-corrected chi connectivity index (χ4v) is 3.76. The number of anilines is 2. The van der Waals surface area contributed by atoms with Crippen LogP contribution < -0.4 is 19.9 Å². The number of amides is 1. The fraction of sp³-hybridized carbons (Fsp3) is 0.455. The molecule has 3 heterocycles. The molecular weight excluding hydrogens is 410 g/mol. The standard InChI is InChI=1S/C22H29N7O3/c1-31-15-10-23-22(30)9-8-20-25-24-19-6-7-21(26-29(19)20)28-13-11-27(12-14-28)17-4-3-5-18(16-17)32-2/h3-7,16H,8-15H2,1-2H3,(H,23,30). The summed E-state index contributed by atoms with van der Waals surface area (Å²) in [6, 6.07) is 12.0.